The number of anilines is 1. The lowest BCUT2D eigenvalue weighted by atomic mass is 10.2. The van der Waals surface area contributed by atoms with Gasteiger partial charge in [-0.15, -0.1) is 0 Å². The maximum atomic E-state index is 12.8. The zero-order chi connectivity index (χ0) is 17.4. The van der Waals surface area contributed by atoms with Crippen molar-refractivity contribution in [3.8, 4) is 0 Å². The molecule has 128 valence electrons. The van der Waals surface area contributed by atoms with Crippen LogP contribution in [-0.2, 0) is 14.3 Å². The van der Waals surface area contributed by atoms with Gasteiger partial charge in [-0.3, -0.25) is 4.98 Å². The van der Waals surface area contributed by atoms with Crippen LogP contribution in [0.3, 0.4) is 0 Å². The summed E-state index contributed by atoms with van der Waals surface area (Å²) in [5.74, 6) is 0. The molecule has 4 rings (SSSR count). The minimum Gasteiger partial charge on any atom is -0.336 e. The fraction of sp³-hybridized carbons (Fsp3) is 0.167. The van der Waals surface area contributed by atoms with Crippen molar-refractivity contribution < 1.29 is 12.6 Å². The monoisotopic (exact) mass is 372 g/mol. The Morgan fingerprint density at radius 1 is 1.16 bits per heavy atom. The first-order chi connectivity index (χ1) is 12.1. The summed E-state index contributed by atoms with van der Waals surface area (Å²) in [5.41, 5.74) is 1.15. The highest BCUT2D eigenvalue weighted by atomic mass is 32.2. The Morgan fingerprint density at radius 2 is 2.00 bits per heavy atom. The lowest BCUT2D eigenvalue weighted by molar-refractivity contribution is 0.289. The largest absolute Gasteiger partial charge is 0.336 e. The van der Waals surface area contributed by atoms with E-state index in [4.69, 9.17) is 4.18 Å². The number of para-hydroxylation sites is 1. The fourth-order valence-electron chi connectivity index (χ4n) is 2.84. The van der Waals surface area contributed by atoms with Gasteiger partial charge in [-0.25, -0.2) is 4.18 Å². The van der Waals surface area contributed by atoms with Gasteiger partial charge in [-0.1, -0.05) is 30.0 Å². The van der Waals surface area contributed by atoms with E-state index in [-0.39, 0.29) is 4.90 Å². The Hall–Kier alpha value is -2.09. The van der Waals surface area contributed by atoms with Crippen LogP contribution in [0, 0.1) is 0 Å². The number of nitrogens with zero attached hydrogens (tertiary/aromatic N) is 2. The zero-order valence-corrected chi connectivity index (χ0v) is 15.1. The Labute approximate surface area is 150 Å². The number of rotatable bonds is 4. The van der Waals surface area contributed by atoms with E-state index in [1.165, 1.54) is 17.8 Å². The van der Waals surface area contributed by atoms with Crippen LogP contribution >= 0.6 is 11.8 Å². The molecule has 0 bridgehead atoms. The third-order valence-corrected chi connectivity index (χ3v) is 6.61. The van der Waals surface area contributed by atoms with Gasteiger partial charge in [0.15, 0.2) is 0 Å². The van der Waals surface area contributed by atoms with Crippen molar-refractivity contribution in [3.05, 3.63) is 60.8 Å². The van der Waals surface area contributed by atoms with Crippen molar-refractivity contribution in [1.29, 1.82) is 0 Å². The highest BCUT2D eigenvalue weighted by Gasteiger charge is 2.34. The summed E-state index contributed by atoms with van der Waals surface area (Å²) in [4.78, 5) is 7.32. The average molecular weight is 372 g/mol. The molecule has 0 radical (unpaired) electrons. The van der Waals surface area contributed by atoms with E-state index < -0.39 is 15.7 Å². The number of aromatic nitrogens is 1. The molecule has 1 unspecified atom stereocenters. The molecule has 3 aromatic rings. The van der Waals surface area contributed by atoms with Gasteiger partial charge in [0.05, 0.1) is 16.1 Å². The van der Waals surface area contributed by atoms with E-state index >= 15 is 0 Å². The van der Waals surface area contributed by atoms with E-state index in [0.29, 0.717) is 6.54 Å². The lowest BCUT2D eigenvalue weighted by Gasteiger charge is -2.24. The van der Waals surface area contributed by atoms with Crippen LogP contribution in [0.5, 0.6) is 0 Å². The number of pyridine rings is 1. The number of benzene rings is 2. The molecule has 1 aliphatic rings. The molecule has 1 atom stereocenters. The van der Waals surface area contributed by atoms with E-state index in [0.717, 1.165) is 21.5 Å². The maximum absolute atomic E-state index is 12.8. The SMILES string of the molecule is CCN1c2ccccc2SC1OS(=O)(=O)c1ccc2ncccc2c1. The molecule has 0 saturated heterocycles. The van der Waals surface area contributed by atoms with Gasteiger partial charge in [0, 0.05) is 23.0 Å². The smallest absolute Gasteiger partial charge is 0.299 e. The zero-order valence-electron chi connectivity index (χ0n) is 13.5. The molecule has 0 amide bonds. The quantitative estimate of drug-likeness (QED) is 0.648. The molecule has 0 spiro atoms. The Morgan fingerprint density at radius 3 is 2.84 bits per heavy atom. The van der Waals surface area contributed by atoms with Crippen LogP contribution in [0.15, 0.2) is 70.6 Å². The topological polar surface area (TPSA) is 59.5 Å². The Bertz CT molecular complexity index is 1040. The lowest BCUT2D eigenvalue weighted by Crippen LogP contribution is -2.33. The third-order valence-electron chi connectivity index (χ3n) is 4.07. The molecule has 25 heavy (non-hydrogen) atoms. The number of hydrogen-bond donors (Lipinski definition) is 0. The summed E-state index contributed by atoms with van der Waals surface area (Å²) in [7, 11) is -3.89. The predicted molar refractivity (Wildman–Crippen MR) is 99.1 cm³/mol. The molecule has 7 heteroatoms. The minimum atomic E-state index is -3.89. The van der Waals surface area contributed by atoms with Crippen LogP contribution in [0.25, 0.3) is 10.9 Å². The van der Waals surface area contributed by atoms with Crippen molar-refractivity contribution in [3.63, 3.8) is 0 Å². The van der Waals surface area contributed by atoms with Crippen LogP contribution in [0.2, 0.25) is 0 Å². The van der Waals surface area contributed by atoms with E-state index in [1.807, 2.05) is 42.2 Å². The third kappa shape index (κ3) is 2.99. The molecule has 2 aromatic carbocycles. The van der Waals surface area contributed by atoms with Gasteiger partial charge in [-0.2, -0.15) is 8.42 Å². The second-order valence-electron chi connectivity index (χ2n) is 5.59. The highest BCUT2D eigenvalue weighted by Crippen LogP contribution is 2.44. The number of fused-ring (bicyclic) bond motifs is 2. The number of hydrogen-bond acceptors (Lipinski definition) is 6. The van der Waals surface area contributed by atoms with Crippen molar-refractivity contribution >= 4 is 38.5 Å². The predicted octanol–water partition coefficient (Wildman–Crippen LogP) is 3.86. The van der Waals surface area contributed by atoms with Gasteiger partial charge >= 0.3 is 0 Å². The molecular weight excluding hydrogens is 356 g/mol. The maximum Gasteiger partial charge on any atom is 0.299 e. The summed E-state index contributed by atoms with van der Waals surface area (Å²) in [6.07, 6.45) is 1.68. The molecular formula is C18H16N2O3S2. The Balaban J connectivity index is 1.65. The summed E-state index contributed by atoms with van der Waals surface area (Å²) in [6.45, 7) is 2.64. The first-order valence-corrected chi connectivity index (χ1v) is 10.2. The van der Waals surface area contributed by atoms with Crippen LogP contribution in [0.4, 0.5) is 5.69 Å². The molecule has 0 saturated carbocycles. The fourth-order valence-corrected chi connectivity index (χ4v) is 5.32. The minimum absolute atomic E-state index is 0.139. The van der Waals surface area contributed by atoms with Gasteiger partial charge in [0.2, 0.25) is 5.56 Å². The van der Waals surface area contributed by atoms with Crippen molar-refractivity contribution in [1.82, 2.24) is 4.98 Å². The van der Waals surface area contributed by atoms with E-state index in [2.05, 4.69) is 4.98 Å². The van der Waals surface area contributed by atoms with Crippen LogP contribution < -0.4 is 4.90 Å². The van der Waals surface area contributed by atoms with E-state index in [1.54, 1.807) is 24.4 Å². The molecule has 0 fully saturated rings. The summed E-state index contributed by atoms with van der Waals surface area (Å²) >= 11 is 1.41. The first kappa shape index (κ1) is 16.4. The summed E-state index contributed by atoms with van der Waals surface area (Å²) in [6, 6.07) is 16.3. The second-order valence-corrected chi connectivity index (χ2v) is 8.24. The molecule has 0 N–H and O–H groups in total. The summed E-state index contributed by atoms with van der Waals surface area (Å²) in [5, 5.41) is 0.766. The molecule has 5 nitrogen and oxygen atoms in total. The van der Waals surface area contributed by atoms with Gasteiger partial charge < -0.3 is 4.90 Å². The molecule has 0 aliphatic carbocycles. The molecule has 1 aliphatic heterocycles. The van der Waals surface area contributed by atoms with Gasteiger partial charge in [-0.05, 0) is 43.3 Å². The Kier molecular flexibility index (Phi) is 4.15. The molecule has 2 heterocycles. The molecule has 1 aromatic heterocycles. The normalized spacial score (nSPS) is 17.0. The van der Waals surface area contributed by atoms with Crippen LogP contribution in [0.1, 0.15) is 6.92 Å². The van der Waals surface area contributed by atoms with Crippen molar-refractivity contribution in [2.45, 2.75) is 22.3 Å². The van der Waals surface area contributed by atoms with Crippen LogP contribution in [-0.4, -0.2) is 25.5 Å². The van der Waals surface area contributed by atoms with E-state index in [9.17, 15) is 8.42 Å². The van der Waals surface area contributed by atoms with Gasteiger partial charge in [0.25, 0.3) is 10.1 Å². The number of thioether (sulfide) groups is 1. The summed E-state index contributed by atoms with van der Waals surface area (Å²) < 4.78 is 31.1. The second kappa shape index (κ2) is 6.33. The van der Waals surface area contributed by atoms with Crippen molar-refractivity contribution in [2.24, 2.45) is 0 Å². The first-order valence-electron chi connectivity index (χ1n) is 7.89. The average Bonchev–Trinajstić information content (AvgIpc) is 2.97. The highest BCUT2D eigenvalue weighted by molar-refractivity contribution is 8.01. The van der Waals surface area contributed by atoms with Crippen molar-refractivity contribution in [2.75, 3.05) is 11.4 Å². The standard InChI is InChI=1S/C18H16N2O3S2/c1-2-20-16-7-3-4-8-17(16)24-18(20)23-25(21,22)14-9-10-15-13(12-14)6-5-11-19-15/h3-12,18H,2H2,1H3. The van der Waals surface area contributed by atoms with Gasteiger partial charge in [0.1, 0.15) is 0 Å².